The van der Waals surface area contributed by atoms with Crippen molar-refractivity contribution in [2.75, 3.05) is 0 Å². The first-order chi connectivity index (χ1) is 10.1. The fraction of sp³-hybridized carbons (Fsp3) is 0.250. The molecule has 3 rings (SSSR count). The predicted molar refractivity (Wildman–Crippen MR) is 80.1 cm³/mol. The Morgan fingerprint density at radius 1 is 1.19 bits per heavy atom. The second kappa shape index (κ2) is 5.69. The highest BCUT2D eigenvalue weighted by atomic mass is 32.1. The number of hydrogen-bond acceptors (Lipinski definition) is 3. The van der Waals surface area contributed by atoms with Crippen molar-refractivity contribution < 1.29 is 14.7 Å². The maximum atomic E-state index is 12.5. The molecule has 2 heterocycles. The summed E-state index contributed by atoms with van der Waals surface area (Å²) in [4.78, 5) is 26.4. The van der Waals surface area contributed by atoms with Crippen LogP contribution in [0.5, 0.6) is 0 Å². The van der Waals surface area contributed by atoms with Crippen LogP contribution in [0.25, 0.3) is 0 Å². The van der Waals surface area contributed by atoms with E-state index in [1.807, 2.05) is 41.8 Å². The number of thiophene rings is 1. The van der Waals surface area contributed by atoms with Gasteiger partial charge in [0, 0.05) is 17.8 Å². The van der Waals surface area contributed by atoms with E-state index in [-0.39, 0.29) is 12.3 Å². The summed E-state index contributed by atoms with van der Waals surface area (Å²) in [6.07, 6.45) is 0.644. The molecule has 0 bridgehead atoms. The van der Waals surface area contributed by atoms with Crippen molar-refractivity contribution in [3.05, 3.63) is 57.8 Å². The number of fused-ring (bicyclic) bond motifs is 1. The van der Waals surface area contributed by atoms with Gasteiger partial charge in [-0.3, -0.25) is 4.79 Å². The summed E-state index contributed by atoms with van der Waals surface area (Å²) in [7, 11) is 0. The minimum absolute atomic E-state index is 0.126. The molecule has 108 valence electrons. The Bertz CT molecular complexity index is 666. The Kier molecular flexibility index (Phi) is 3.75. The number of amides is 1. The van der Waals surface area contributed by atoms with Gasteiger partial charge < -0.3 is 10.0 Å². The smallest absolute Gasteiger partial charge is 0.326 e. The van der Waals surface area contributed by atoms with Crippen LogP contribution in [-0.2, 0) is 29.0 Å². The largest absolute Gasteiger partial charge is 0.480 e. The van der Waals surface area contributed by atoms with Crippen LogP contribution >= 0.6 is 11.3 Å². The van der Waals surface area contributed by atoms with Crippen LogP contribution in [0, 0.1) is 0 Å². The number of nitrogens with zero attached hydrogens (tertiary/aromatic N) is 1. The monoisotopic (exact) mass is 301 g/mol. The number of carboxylic acid groups (broad SMARTS) is 1. The van der Waals surface area contributed by atoms with Crippen molar-refractivity contribution in [3.63, 3.8) is 0 Å². The number of rotatable bonds is 3. The van der Waals surface area contributed by atoms with Gasteiger partial charge in [0.15, 0.2) is 0 Å². The number of carbonyl (C=O) groups is 2. The predicted octanol–water partition coefficient (Wildman–Crippen LogP) is 2.33. The van der Waals surface area contributed by atoms with Crippen molar-refractivity contribution >= 4 is 23.2 Å². The molecule has 1 amide bonds. The van der Waals surface area contributed by atoms with Crippen LogP contribution in [0.15, 0.2) is 41.8 Å². The third-order valence-electron chi connectivity index (χ3n) is 3.76. The molecule has 0 radical (unpaired) electrons. The van der Waals surface area contributed by atoms with Crippen molar-refractivity contribution in [3.8, 4) is 0 Å². The van der Waals surface area contributed by atoms with E-state index in [2.05, 4.69) is 0 Å². The average molecular weight is 301 g/mol. The summed E-state index contributed by atoms with van der Waals surface area (Å²) < 4.78 is 0. The molecule has 1 aromatic carbocycles. The zero-order valence-corrected chi connectivity index (χ0v) is 12.2. The van der Waals surface area contributed by atoms with Gasteiger partial charge in [0.1, 0.15) is 6.04 Å². The molecule has 4 nitrogen and oxygen atoms in total. The average Bonchev–Trinajstić information content (AvgIpc) is 2.98. The molecule has 0 fully saturated rings. The first-order valence-corrected chi connectivity index (χ1v) is 7.64. The lowest BCUT2D eigenvalue weighted by Crippen LogP contribution is -2.49. The highest BCUT2D eigenvalue weighted by Gasteiger charge is 2.34. The van der Waals surface area contributed by atoms with Gasteiger partial charge in [0.25, 0.3) is 0 Å². The van der Waals surface area contributed by atoms with Gasteiger partial charge >= 0.3 is 5.97 Å². The van der Waals surface area contributed by atoms with Crippen LogP contribution in [0.4, 0.5) is 0 Å². The molecule has 1 N–H and O–H groups in total. The minimum atomic E-state index is -0.941. The summed E-state index contributed by atoms with van der Waals surface area (Å²) in [5.74, 6) is -1.07. The number of hydrogen-bond donors (Lipinski definition) is 1. The van der Waals surface area contributed by atoms with Crippen molar-refractivity contribution in [2.24, 2.45) is 0 Å². The number of benzene rings is 1. The Labute approximate surface area is 126 Å². The van der Waals surface area contributed by atoms with Gasteiger partial charge in [-0.2, -0.15) is 0 Å². The zero-order chi connectivity index (χ0) is 14.8. The highest BCUT2D eigenvalue weighted by molar-refractivity contribution is 7.10. The second-order valence-electron chi connectivity index (χ2n) is 5.10. The molecule has 0 aliphatic carbocycles. The third kappa shape index (κ3) is 2.83. The van der Waals surface area contributed by atoms with Gasteiger partial charge in [-0.25, -0.2) is 4.79 Å². The maximum Gasteiger partial charge on any atom is 0.326 e. The topological polar surface area (TPSA) is 57.6 Å². The lowest BCUT2D eigenvalue weighted by Gasteiger charge is -2.34. The molecule has 1 aliphatic heterocycles. The van der Waals surface area contributed by atoms with Gasteiger partial charge in [-0.1, -0.05) is 30.3 Å². The zero-order valence-electron chi connectivity index (χ0n) is 11.4. The Balaban J connectivity index is 1.85. The van der Waals surface area contributed by atoms with Crippen molar-refractivity contribution in [1.82, 2.24) is 4.90 Å². The first kappa shape index (κ1) is 13.8. The molecule has 0 unspecified atom stereocenters. The number of carbonyl (C=O) groups excluding carboxylic acids is 1. The van der Waals surface area contributed by atoms with Crippen LogP contribution in [0.3, 0.4) is 0 Å². The molecular formula is C16H15NO3S. The van der Waals surface area contributed by atoms with Gasteiger partial charge in [0.05, 0.1) is 6.42 Å². The Morgan fingerprint density at radius 2 is 1.95 bits per heavy atom. The Morgan fingerprint density at radius 3 is 2.62 bits per heavy atom. The van der Waals surface area contributed by atoms with Crippen LogP contribution < -0.4 is 0 Å². The van der Waals surface area contributed by atoms with Gasteiger partial charge in [0.2, 0.25) is 5.91 Å². The van der Waals surface area contributed by atoms with Gasteiger partial charge in [-0.05, 0) is 22.6 Å². The quantitative estimate of drug-likeness (QED) is 0.946. The SMILES string of the molecule is O=C(O)[C@@H]1Cc2ccccc2CN1C(=O)Cc1cccs1. The van der Waals surface area contributed by atoms with E-state index >= 15 is 0 Å². The minimum Gasteiger partial charge on any atom is -0.480 e. The third-order valence-corrected chi connectivity index (χ3v) is 4.64. The molecule has 1 aromatic heterocycles. The standard InChI is InChI=1S/C16H15NO3S/c18-15(9-13-6-3-7-21-13)17-10-12-5-2-1-4-11(12)8-14(17)16(19)20/h1-7,14H,8-10H2,(H,19,20)/t14-/m0/s1. The normalized spacial score (nSPS) is 17.3. The summed E-state index contributed by atoms with van der Waals surface area (Å²) in [6, 6.07) is 10.7. The van der Waals surface area contributed by atoms with E-state index in [1.165, 1.54) is 16.2 Å². The summed E-state index contributed by atoms with van der Waals surface area (Å²) in [6.45, 7) is 0.372. The lowest BCUT2D eigenvalue weighted by atomic mass is 9.93. The first-order valence-electron chi connectivity index (χ1n) is 6.76. The van der Waals surface area contributed by atoms with E-state index in [0.717, 1.165) is 16.0 Å². The van der Waals surface area contributed by atoms with Crippen molar-refractivity contribution in [2.45, 2.75) is 25.4 Å². The summed E-state index contributed by atoms with van der Waals surface area (Å²) in [5.41, 5.74) is 2.06. The summed E-state index contributed by atoms with van der Waals surface area (Å²) in [5, 5.41) is 11.3. The molecular weight excluding hydrogens is 286 g/mol. The fourth-order valence-corrected chi connectivity index (χ4v) is 3.37. The van der Waals surface area contributed by atoms with E-state index in [9.17, 15) is 14.7 Å². The van der Waals surface area contributed by atoms with Crippen LogP contribution in [0.1, 0.15) is 16.0 Å². The molecule has 2 aromatic rings. The molecule has 1 atom stereocenters. The molecule has 5 heteroatoms. The molecule has 21 heavy (non-hydrogen) atoms. The molecule has 0 saturated carbocycles. The number of aliphatic carboxylic acids is 1. The van der Waals surface area contributed by atoms with Crippen LogP contribution in [-0.4, -0.2) is 27.9 Å². The molecule has 0 saturated heterocycles. The maximum absolute atomic E-state index is 12.5. The Hall–Kier alpha value is -2.14. The van der Waals surface area contributed by atoms with E-state index < -0.39 is 12.0 Å². The molecule has 0 spiro atoms. The van der Waals surface area contributed by atoms with Crippen molar-refractivity contribution in [1.29, 1.82) is 0 Å². The summed E-state index contributed by atoms with van der Waals surface area (Å²) >= 11 is 1.52. The second-order valence-corrected chi connectivity index (χ2v) is 6.14. The highest BCUT2D eigenvalue weighted by Crippen LogP contribution is 2.24. The lowest BCUT2D eigenvalue weighted by molar-refractivity contribution is -0.151. The van der Waals surface area contributed by atoms with E-state index in [1.54, 1.807) is 0 Å². The van der Waals surface area contributed by atoms with Crippen LogP contribution in [0.2, 0.25) is 0 Å². The van der Waals surface area contributed by atoms with E-state index in [4.69, 9.17) is 0 Å². The van der Waals surface area contributed by atoms with Gasteiger partial charge in [-0.15, -0.1) is 11.3 Å². The molecule has 1 aliphatic rings. The number of carboxylic acids is 1. The fourth-order valence-electron chi connectivity index (χ4n) is 2.67. The van der Waals surface area contributed by atoms with E-state index in [0.29, 0.717) is 13.0 Å².